The molecule has 0 bridgehead atoms. The molecule has 2 rings (SSSR count). The van der Waals surface area contributed by atoms with Gasteiger partial charge in [-0.1, -0.05) is 0 Å². The molecule has 2 aromatic heterocycles. The number of aryl methyl sites for hydroxylation is 1. The lowest BCUT2D eigenvalue weighted by molar-refractivity contribution is 1.02. The van der Waals surface area contributed by atoms with E-state index < -0.39 is 0 Å². The van der Waals surface area contributed by atoms with Crippen molar-refractivity contribution in [2.75, 3.05) is 11.1 Å². The van der Waals surface area contributed by atoms with E-state index in [0.29, 0.717) is 18.4 Å². The lowest BCUT2D eigenvalue weighted by Gasteiger charge is -1.98. The van der Waals surface area contributed by atoms with Crippen LogP contribution in [0.5, 0.6) is 0 Å². The molecule has 0 unspecified atom stereocenters. The zero-order valence-corrected chi connectivity index (χ0v) is 7.70. The van der Waals surface area contributed by atoms with Crippen molar-refractivity contribution in [3.8, 4) is 0 Å². The van der Waals surface area contributed by atoms with Gasteiger partial charge < -0.3 is 11.1 Å². The summed E-state index contributed by atoms with van der Waals surface area (Å²) in [5.41, 5.74) is 7.48. The normalized spacial score (nSPS) is 10.4. The average Bonchev–Trinajstić information content (AvgIpc) is 2.72. The average molecular weight is 193 g/mol. The summed E-state index contributed by atoms with van der Waals surface area (Å²) in [5, 5.41) is 16.1. The molecule has 0 radical (unpaired) electrons. The zero-order chi connectivity index (χ0) is 9.97. The highest BCUT2D eigenvalue weighted by molar-refractivity contribution is 5.31. The van der Waals surface area contributed by atoms with Gasteiger partial charge >= 0.3 is 0 Å². The Hall–Kier alpha value is -2.05. The van der Waals surface area contributed by atoms with Gasteiger partial charge in [0.15, 0.2) is 0 Å². The predicted octanol–water partition coefficient (Wildman–Crippen LogP) is 0.0305. The first-order valence-electron chi connectivity index (χ1n) is 4.16. The molecule has 0 aliphatic heterocycles. The minimum atomic E-state index is 0.302. The number of nitrogens with one attached hydrogen (secondary N) is 3. The Balaban J connectivity index is 1.98. The van der Waals surface area contributed by atoms with Crippen LogP contribution in [0.1, 0.15) is 11.3 Å². The second-order valence-corrected chi connectivity index (χ2v) is 2.92. The molecule has 0 atom stereocenters. The highest BCUT2D eigenvalue weighted by atomic mass is 15.3. The van der Waals surface area contributed by atoms with Gasteiger partial charge in [0, 0.05) is 17.8 Å². The highest BCUT2D eigenvalue weighted by Gasteiger charge is 2.02. The van der Waals surface area contributed by atoms with Crippen molar-refractivity contribution >= 4 is 11.9 Å². The third kappa shape index (κ3) is 1.65. The van der Waals surface area contributed by atoms with Crippen LogP contribution in [0.15, 0.2) is 6.20 Å². The number of aromatic amines is 2. The Bertz CT molecular complexity index is 415. The van der Waals surface area contributed by atoms with Crippen molar-refractivity contribution in [1.29, 1.82) is 0 Å². The number of nitrogens with zero attached hydrogens (tertiary/aromatic N) is 3. The lowest BCUT2D eigenvalue weighted by atomic mass is 10.3. The third-order valence-corrected chi connectivity index (χ3v) is 1.87. The summed E-state index contributed by atoms with van der Waals surface area (Å²) in [7, 11) is 0. The number of nitrogen functional groups attached to an aromatic ring is 1. The minimum Gasteiger partial charge on any atom is -0.368 e. The maximum atomic E-state index is 5.37. The van der Waals surface area contributed by atoms with Crippen LogP contribution < -0.4 is 11.1 Å². The summed E-state index contributed by atoms with van der Waals surface area (Å²) in [5.74, 6) is 0.791. The van der Waals surface area contributed by atoms with Crippen molar-refractivity contribution < 1.29 is 0 Å². The first kappa shape index (κ1) is 8.54. The third-order valence-electron chi connectivity index (χ3n) is 1.87. The topological polar surface area (TPSA) is 108 Å². The van der Waals surface area contributed by atoms with E-state index in [4.69, 9.17) is 5.73 Å². The first-order chi connectivity index (χ1) is 6.75. The van der Waals surface area contributed by atoms with Gasteiger partial charge in [0.25, 0.3) is 0 Å². The maximum Gasteiger partial charge on any atom is 0.243 e. The van der Waals surface area contributed by atoms with Gasteiger partial charge in [-0.3, -0.25) is 5.10 Å². The SMILES string of the molecule is Cc1[nH]ncc1CNc1n[nH]c(N)n1. The van der Waals surface area contributed by atoms with E-state index in [2.05, 4.69) is 30.7 Å². The van der Waals surface area contributed by atoms with Crippen LogP contribution in [0.4, 0.5) is 11.9 Å². The number of nitrogens with two attached hydrogens (primary N) is 1. The van der Waals surface area contributed by atoms with E-state index in [1.165, 1.54) is 0 Å². The molecule has 2 aromatic rings. The van der Waals surface area contributed by atoms with E-state index in [9.17, 15) is 0 Å². The minimum absolute atomic E-state index is 0.302. The molecule has 0 spiro atoms. The van der Waals surface area contributed by atoms with Gasteiger partial charge in [-0.25, -0.2) is 5.10 Å². The molecule has 0 amide bonds. The molecule has 7 heteroatoms. The molecular weight excluding hydrogens is 182 g/mol. The molecule has 0 saturated heterocycles. The first-order valence-corrected chi connectivity index (χ1v) is 4.16. The predicted molar refractivity (Wildman–Crippen MR) is 51.4 cm³/mol. The van der Waals surface area contributed by atoms with E-state index in [1.54, 1.807) is 6.20 Å². The molecule has 74 valence electrons. The van der Waals surface area contributed by atoms with Gasteiger partial charge in [-0.05, 0) is 6.92 Å². The fourth-order valence-corrected chi connectivity index (χ4v) is 1.08. The highest BCUT2D eigenvalue weighted by Crippen LogP contribution is 2.06. The van der Waals surface area contributed by atoms with Crippen LogP contribution in [0, 0.1) is 6.92 Å². The summed E-state index contributed by atoms with van der Waals surface area (Å²) in [6, 6.07) is 0. The van der Waals surface area contributed by atoms with Crippen LogP contribution in [0.3, 0.4) is 0 Å². The Morgan fingerprint density at radius 3 is 2.93 bits per heavy atom. The van der Waals surface area contributed by atoms with E-state index in [1.807, 2.05) is 6.92 Å². The van der Waals surface area contributed by atoms with Crippen LogP contribution in [-0.4, -0.2) is 25.4 Å². The van der Waals surface area contributed by atoms with Crippen LogP contribution in [0.25, 0.3) is 0 Å². The number of aromatic nitrogens is 5. The molecule has 2 heterocycles. The molecule has 0 fully saturated rings. The van der Waals surface area contributed by atoms with E-state index >= 15 is 0 Å². The van der Waals surface area contributed by atoms with E-state index in [0.717, 1.165) is 11.3 Å². The molecule has 0 aromatic carbocycles. The number of hydrogen-bond acceptors (Lipinski definition) is 5. The molecule has 0 saturated carbocycles. The van der Waals surface area contributed by atoms with Crippen LogP contribution in [-0.2, 0) is 6.54 Å². The zero-order valence-electron chi connectivity index (χ0n) is 7.70. The number of hydrogen-bond donors (Lipinski definition) is 4. The Morgan fingerprint density at radius 2 is 2.36 bits per heavy atom. The summed E-state index contributed by atoms with van der Waals surface area (Å²) in [4.78, 5) is 3.91. The molecular formula is C7H11N7. The lowest BCUT2D eigenvalue weighted by Crippen LogP contribution is -2.01. The standard InChI is InChI=1S/C7H11N7/c1-4-5(3-10-12-4)2-9-7-11-6(8)13-14-7/h3H,2H2,1H3,(H,10,12)(H4,8,9,11,13,14). The van der Waals surface area contributed by atoms with E-state index in [-0.39, 0.29) is 0 Å². The fraction of sp³-hybridized carbons (Fsp3) is 0.286. The van der Waals surface area contributed by atoms with Gasteiger partial charge in [-0.15, -0.1) is 5.10 Å². The molecule has 0 aliphatic carbocycles. The number of anilines is 2. The molecule has 5 N–H and O–H groups in total. The second-order valence-electron chi connectivity index (χ2n) is 2.92. The Kier molecular flexibility index (Phi) is 2.05. The Morgan fingerprint density at radius 1 is 1.50 bits per heavy atom. The smallest absolute Gasteiger partial charge is 0.243 e. The van der Waals surface area contributed by atoms with Crippen LogP contribution >= 0.6 is 0 Å². The second kappa shape index (κ2) is 3.36. The van der Waals surface area contributed by atoms with Gasteiger partial charge in [0.2, 0.25) is 11.9 Å². The summed E-state index contributed by atoms with van der Waals surface area (Å²) >= 11 is 0. The van der Waals surface area contributed by atoms with Crippen molar-refractivity contribution in [1.82, 2.24) is 25.4 Å². The fourth-order valence-electron chi connectivity index (χ4n) is 1.08. The molecule has 0 aliphatic rings. The number of rotatable bonds is 3. The van der Waals surface area contributed by atoms with Crippen molar-refractivity contribution in [3.63, 3.8) is 0 Å². The largest absolute Gasteiger partial charge is 0.368 e. The van der Waals surface area contributed by atoms with Gasteiger partial charge in [-0.2, -0.15) is 10.1 Å². The van der Waals surface area contributed by atoms with Gasteiger partial charge in [0.05, 0.1) is 6.20 Å². The monoisotopic (exact) mass is 193 g/mol. The summed E-state index contributed by atoms with van der Waals surface area (Å²) < 4.78 is 0. The molecule has 14 heavy (non-hydrogen) atoms. The molecule has 7 nitrogen and oxygen atoms in total. The van der Waals surface area contributed by atoms with Crippen molar-refractivity contribution in [2.45, 2.75) is 13.5 Å². The van der Waals surface area contributed by atoms with Crippen LogP contribution in [0.2, 0.25) is 0 Å². The van der Waals surface area contributed by atoms with Crippen molar-refractivity contribution in [3.05, 3.63) is 17.5 Å². The quantitative estimate of drug-likeness (QED) is 0.550. The van der Waals surface area contributed by atoms with Crippen molar-refractivity contribution in [2.24, 2.45) is 0 Å². The summed E-state index contributed by atoms with van der Waals surface area (Å²) in [6.45, 7) is 2.58. The number of H-pyrrole nitrogens is 2. The summed E-state index contributed by atoms with van der Waals surface area (Å²) in [6.07, 6.45) is 1.76. The Labute approximate surface area is 80.1 Å². The van der Waals surface area contributed by atoms with Gasteiger partial charge in [0.1, 0.15) is 0 Å². The maximum absolute atomic E-state index is 5.37.